The molecule has 1 saturated carbocycles. The highest BCUT2D eigenvalue weighted by molar-refractivity contribution is 5.89. The number of allylic oxidation sites excluding steroid dienone is 5. The molecule has 0 aromatic rings. The van der Waals surface area contributed by atoms with Gasteiger partial charge < -0.3 is 0 Å². The SMILES string of the molecule is C=C/C=C1/CC(=O)C/C1=C/C(C)C. The van der Waals surface area contributed by atoms with E-state index in [1.54, 1.807) is 6.08 Å². The van der Waals surface area contributed by atoms with Gasteiger partial charge in [-0.2, -0.15) is 0 Å². The van der Waals surface area contributed by atoms with Crippen molar-refractivity contribution in [2.75, 3.05) is 0 Å². The van der Waals surface area contributed by atoms with Gasteiger partial charge in [0.2, 0.25) is 0 Å². The molecule has 0 radical (unpaired) electrons. The lowest BCUT2D eigenvalue weighted by Crippen LogP contribution is -1.86. The topological polar surface area (TPSA) is 17.1 Å². The zero-order chi connectivity index (χ0) is 9.84. The Morgan fingerprint density at radius 2 is 1.92 bits per heavy atom. The minimum Gasteiger partial charge on any atom is -0.299 e. The van der Waals surface area contributed by atoms with Crippen molar-refractivity contribution in [2.24, 2.45) is 5.92 Å². The quantitative estimate of drug-likeness (QED) is 0.632. The Balaban J connectivity index is 2.90. The van der Waals surface area contributed by atoms with Crippen molar-refractivity contribution in [3.63, 3.8) is 0 Å². The fraction of sp³-hybridized carbons (Fsp3) is 0.417. The van der Waals surface area contributed by atoms with Crippen molar-refractivity contribution in [3.05, 3.63) is 36.0 Å². The maximum atomic E-state index is 11.2. The standard InChI is InChI=1S/C12H16O/c1-4-5-10-7-12(13)8-11(10)6-9(2)3/h4-6,9H,1,7-8H2,2-3H3/b10-5-,11-6-. The van der Waals surface area contributed by atoms with Gasteiger partial charge in [-0.05, 0) is 17.1 Å². The largest absolute Gasteiger partial charge is 0.299 e. The molecule has 0 amide bonds. The maximum Gasteiger partial charge on any atom is 0.141 e. The van der Waals surface area contributed by atoms with Crippen LogP contribution in [0.2, 0.25) is 0 Å². The Bertz CT molecular complexity index is 279. The number of rotatable bonds is 2. The number of carbonyl (C=O) groups excluding carboxylic acids is 1. The van der Waals surface area contributed by atoms with Gasteiger partial charge in [-0.3, -0.25) is 4.79 Å². The minimum absolute atomic E-state index is 0.319. The molecule has 0 spiro atoms. The van der Waals surface area contributed by atoms with Crippen molar-refractivity contribution in [1.82, 2.24) is 0 Å². The van der Waals surface area contributed by atoms with Gasteiger partial charge in [-0.15, -0.1) is 0 Å². The fourth-order valence-corrected chi connectivity index (χ4v) is 1.59. The zero-order valence-corrected chi connectivity index (χ0v) is 8.34. The van der Waals surface area contributed by atoms with Crippen LogP contribution in [0.5, 0.6) is 0 Å². The zero-order valence-electron chi connectivity index (χ0n) is 8.34. The molecule has 0 aromatic carbocycles. The number of hydrogen-bond acceptors (Lipinski definition) is 1. The second kappa shape index (κ2) is 4.22. The third kappa shape index (κ3) is 2.69. The molecule has 0 aliphatic heterocycles. The Hall–Kier alpha value is -1.11. The van der Waals surface area contributed by atoms with Crippen LogP contribution in [-0.4, -0.2) is 5.78 Å². The molecule has 0 atom stereocenters. The molecule has 0 aromatic heterocycles. The van der Waals surface area contributed by atoms with E-state index in [2.05, 4.69) is 26.5 Å². The second-order valence-electron chi connectivity index (χ2n) is 3.76. The average Bonchev–Trinajstić information content (AvgIpc) is 2.31. The van der Waals surface area contributed by atoms with Gasteiger partial charge in [0.25, 0.3) is 0 Å². The molecule has 0 heterocycles. The van der Waals surface area contributed by atoms with Crippen LogP contribution in [-0.2, 0) is 4.79 Å². The van der Waals surface area contributed by atoms with E-state index in [1.165, 1.54) is 5.57 Å². The van der Waals surface area contributed by atoms with Crippen LogP contribution in [0.25, 0.3) is 0 Å². The monoisotopic (exact) mass is 176 g/mol. The fourth-order valence-electron chi connectivity index (χ4n) is 1.59. The van der Waals surface area contributed by atoms with Crippen LogP contribution < -0.4 is 0 Å². The molecule has 0 saturated heterocycles. The van der Waals surface area contributed by atoms with Crippen LogP contribution in [0.4, 0.5) is 0 Å². The van der Waals surface area contributed by atoms with Gasteiger partial charge in [0.1, 0.15) is 5.78 Å². The first kappa shape index (κ1) is 9.97. The molecule has 1 nitrogen and oxygen atoms in total. The summed E-state index contributed by atoms with van der Waals surface area (Å²) in [6.07, 6.45) is 7.06. The molecular formula is C12H16O. The Kier molecular flexibility index (Phi) is 3.24. The summed E-state index contributed by atoms with van der Waals surface area (Å²) < 4.78 is 0. The summed E-state index contributed by atoms with van der Waals surface area (Å²) in [5.41, 5.74) is 2.34. The van der Waals surface area contributed by atoms with E-state index in [1.807, 2.05) is 6.08 Å². The van der Waals surface area contributed by atoms with Gasteiger partial charge in [0.05, 0.1) is 0 Å². The third-order valence-electron chi connectivity index (χ3n) is 2.04. The predicted molar refractivity (Wildman–Crippen MR) is 55.4 cm³/mol. The van der Waals surface area contributed by atoms with Gasteiger partial charge in [0, 0.05) is 12.8 Å². The van der Waals surface area contributed by atoms with E-state index in [0.29, 0.717) is 24.5 Å². The number of hydrogen-bond donors (Lipinski definition) is 0. The summed E-state index contributed by atoms with van der Waals surface area (Å²) in [4.78, 5) is 11.2. The summed E-state index contributed by atoms with van der Waals surface area (Å²) in [5.74, 6) is 0.828. The highest BCUT2D eigenvalue weighted by Gasteiger charge is 2.20. The molecule has 1 rings (SSSR count). The highest BCUT2D eigenvalue weighted by atomic mass is 16.1. The van der Waals surface area contributed by atoms with Gasteiger partial charge in [-0.1, -0.05) is 38.7 Å². The molecule has 70 valence electrons. The summed E-state index contributed by atoms with van der Waals surface area (Å²) in [6, 6.07) is 0. The molecule has 13 heavy (non-hydrogen) atoms. The summed E-state index contributed by atoms with van der Waals surface area (Å²) in [5, 5.41) is 0. The van der Waals surface area contributed by atoms with E-state index in [0.717, 1.165) is 5.57 Å². The van der Waals surface area contributed by atoms with E-state index in [9.17, 15) is 4.79 Å². The van der Waals surface area contributed by atoms with E-state index in [4.69, 9.17) is 0 Å². The molecule has 1 aliphatic carbocycles. The molecule has 0 bridgehead atoms. The summed E-state index contributed by atoms with van der Waals surface area (Å²) in [7, 11) is 0. The van der Waals surface area contributed by atoms with E-state index in [-0.39, 0.29) is 0 Å². The average molecular weight is 176 g/mol. The third-order valence-corrected chi connectivity index (χ3v) is 2.04. The number of Topliss-reactive ketones (excluding diaryl/α,β-unsaturated/α-hetero) is 1. The first-order valence-corrected chi connectivity index (χ1v) is 4.68. The van der Waals surface area contributed by atoms with Crippen molar-refractivity contribution >= 4 is 5.78 Å². The normalized spacial score (nSPS) is 23.5. The van der Waals surface area contributed by atoms with Gasteiger partial charge >= 0.3 is 0 Å². The Morgan fingerprint density at radius 1 is 1.31 bits per heavy atom. The molecular weight excluding hydrogens is 160 g/mol. The van der Waals surface area contributed by atoms with E-state index < -0.39 is 0 Å². The van der Waals surface area contributed by atoms with Crippen molar-refractivity contribution in [3.8, 4) is 0 Å². The smallest absolute Gasteiger partial charge is 0.141 e. The second-order valence-corrected chi connectivity index (χ2v) is 3.76. The van der Waals surface area contributed by atoms with Crippen LogP contribution in [0.1, 0.15) is 26.7 Å². The predicted octanol–water partition coefficient (Wildman–Crippen LogP) is 3.04. The molecule has 1 aliphatic rings. The van der Waals surface area contributed by atoms with E-state index >= 15 is 0 Å². The first-order valence-electron chi connectivity index (χ1n) is 4.68. The lowest BCUT2D eigenvalue weighted by molar-refractivity contribution is -0.116. The molecule has 0 N–H and O–H groups in total. The maximum absolute atomic E-state index is 11.2. The van der Waals surface area contributed by atoms with Gasteiger partial charge in [-0.25, -0.2) is 0 Å². The van der Waals surface area contributed by atoms with Gasteiger partial charge in [0.15, 0.2) is 0 Å². The molecule has 1 heteroatoms. The lowest BCUT2D eigenvalue weighted by atomic mass is 10.0. The molecule has 1 fully saturated rings. The Morgan fingerprint density at radius 3 is 2.46 bits per heavy atom. The minimum atomic E-state index is 0.319. The first-order chi connectivity index (χ1) is 6.13. The van der Waals surface area contributed by atoms with Crippen LogP contribution in [0.15, 0.2) is 36.0 Å². The summed E-state index contributed by atoms with van der Waals surface area (Å²) in [6.45, 7) is 7.90. The van der Waals surface area contributed by atoms with Crippen molar-refractivity contribution in [2.45, 2.75) is 26.7 Å². The number of carbonyl (C=O) groups is 1. The Labute approximate surface area is 79.8 Å². The number of ketones is 1. The van der Waals surface area contributed by atoms with Crippen LogP contribution in [0.3, 0.4) is 0 Å². The van der Waals surface area contributed by atoms with Crippen LogP contribution >= 0.6 is 0 Å². The highest BCUT2D eigenvalue weighted by Crippen LogP contribution is 2.28. The lowest BCUT2D eigenvalue weighted by Gasteiger charge is -2.01. The molecule has 0 unspecified atom stereocenters. The van der Waals surface area contributed by atoms with Crippen molar-refractivity contribution in [1.29, 1.82) is 0 Å². The van der Waals surface area contributed by atoms with Crippen LogP contribution in [0, 0.1) is 5.92 Å². The van der Waals surface area contributed by atoms with Crippen molar-refractivity contribution < 1.29 is 4.79 Å². The summed E-state index contributed by atoms with van der Waals surface area (Å²) >= 11 is 0.